The third-order valence-electron chi connectivity index (χ3n) is 6.44. The van der Waals surface area contributed by atoms with Gasteiger partial charge in [-0.05, 0) is 87.4 Å². The fourth-order valence-electron chi connectivity index (χ4n) is 4.67. The van der Waals surface area contributed by atoms with E-state index in [1.165, 1.54) is 22.8 Å². The SMILES string of the molecule is COc1ccc(N(c2cc(CCC(=O)OC(C)(C)C)c(N(c3ccc(OC)cc3)S(=O)O)c3ccccc23)S(=O)O)cc1. The van der Waals surface area contributed by atoms with Crippen LogP contribution in [0.2, 0.25) is 0 Å². The molecular formula is C31H34N2O8S2. The largest absolute Gasteiger partial charge is 0.497 e. The predicted octanol–water partition coefficient (Wildman–Crippen LogP) is 6.68. The highest BCUT2D eigenvalue weighted by Gasteiger charge is 2.27. The van der Waals surface area contributed by atoms with Crippen molar-refractivity contribution in [1.29, 1.82) is 0 Å². The normalized spacial score (nSPS) is 12.8. The van der Waals surface area contributed by atoms with Crippen LogP contribution in [0.5, 0.6) is 11.5 Å². The second kappa shape index (κ2) is 13.6. The number of carbonyl (C=O) groups excluding carboxylic acids is 1. The zero-order chi connectivity index (χ0) is 31.3. The first-order chi connectivity index (χ1) is 20.4. The molecule has 0 aliphatic carbocycles. The van der Waals surface area contributed by atoms with Crippen LogP contribution in [0.25, 0.3) is 10.8 Å². The molecule has 0 aliphatic rings. The molecule has 4 aromatic rings. The minimum absolute atomic E-state index is 0.0404. The standard InChI is InChI=1S/C31H34N2O8S2/c1-31(2,3)41-29(34)19-10-21-20-28(32(42(35)36)22-11-15-24(39-4)16-12-22)26-8-6-7-9-27(26)30(21)33(43(37)38)23-13-17-25(40-5)18-14-23/h6-9,11-18,20H,10,19H2,1-5H3,(H,35,36)(H,37,38). The molecule has 2 atom stereocenters. The molecular weight excluding hydrogens is 592 g/mol. The maximum absolute atomic E-state index is 13.0. The Kier molecular flexibility index (Phi) is 10.1. The number of hydrogen-bond donors (Lipinski definition) is 2. The van der Waals surface area contributed by atoms with Gasteiger partial charge in [-0.1, -0.05) is 24.3 Å². The van der Waals surface area contributed by atoms with Crippen LogP contribution in [0.1, 0.15) is 32.8 Å². The van der Waals surface area contributed by atoms with E-state index < -0.39 is 34.1 Å². The van der Waals surface area contributed by atoms with Crippen molar-refractivity contribution in [3.05, 3.63) is 84.4 Å². The number of ether oxygens (including phenoxy) is 3. The van der Waals surface area contributed by atoms with Crippen LogP contribution >= 0.6 is 0 Å². The number of benzene rings is 4. The van der Waals surface area contributed by atoms with Crippen molar-refractivity contribution in [1.82, 2.24) is 0 Å². The van der Waals surface area contributed by atoms with Crippen LogP contribution in [0.4, 0.5) is 22.7 Å². The van der Waals surface area contributed by atoms with Crippen LogP contribution in [0.15, 0.2) is 78.9 Å². The van der Waals surface area contributed by atoms with Gasteiger partial charge in [0.15, 0.2) is 0 Å². The highest BCUT2D eigenvalue weighted by molar-refractivity contribution is 7.81. The van der Waals surface area contributed by atoms with E-state index in [4.69, 9.17) is 14.2 Å². The van der Waals surface area contributed by atoms with Gasteiger partial charge in [0, 0.05) is 17.2 Å². The summed E-state index contributed by atoms with van der Waals surface area (Å²) in [6.45, 7) is 5.32. The molecule has 0 saturated heterocycles. The van der Waals surface area contributed by atoms with Crippen LogP contribution in [-0.4, -0.2) is 43.3 Å². The highest BCUT2D eigenvalue weighted by Crippen LogP contribution is 2.44. The Morgan fingerprint density at radius 1 is 0.767 bits per heavy atom. The molecule has 0 heterocycles. The van der Waals surface area contributed by atoms with Gasteiger partial charge in [0.25, 0.3) is 22.5 Å². The molecule has 0 bridgehead atoms. The Balaban J connectivity index is 1.98. The molecule has 4 rings (SSSR count). The fraction of sp³-hybridized carbons (Fsp3) is 0.258. The van der Waals surface area contributed by atoms with Gasteiger partial charge in [-0.25, -0.2) is 17.0 Å². The van der Waals surface area contributed by atoms with Gasteiger partial charge >= 0.3 is 5.97 Å². The number of rotatable bonds is 11. The van der Waals surface area contributed by atoms with Crippen molar-refractivity contribution < 1.29 is 36.5 Å². The number of methoxy groups -OCH3 is 2. The topological polar surface area (TPSA) is 126 Å². The minimum Gasteiger partial charge on any atom is -0.497 e. The quantitative estimate of drug-likeness (QED) is 0.140. The average molecular weight is 627 g/mol. The first kappa shape index (κ1) is 32.0. The summed E-state index contributed by atoms with van der Waals surface area (Å²) in [5.74, 6) is 0.691. The summed E-state index contributed by atoms with van der Waals surface area (Å²) in [5, 5.41) is 1.07. The van der Waals surface area contributed by atoms with Gasteiger partial charge in [-0.15, -0.1) is 0 Å². The summed E-state index contributed by atoms with van der Waals surface area (Å²) in [6, 6.07) is 22.1. The highest BCUT2D eigenvalue weighted by atomic mass is 32.2. The van der Waals surface area contributed by atoms with Gasteiger partial charge in [0.1, 0.15) is 17.1 Å². The van der Waals surface area contributed by atoms with Crippen molar-refractivity contribution in [2.45, 2.75) is 39.2 Å². The van der Waals surface area contributed by atoms with Crippen LogP contribution in [-0.2, 0) is 38.5 Å². The lowest BCUT2D eigenvalue weighted by atomic mass is 9.98. The second-order valence-electron chi connectivity index (χ2n) is 10.5. The van der Waals surface area contributed by atoms with E-state index >= 15 is 0 Å². The summed E-state index contributed by atoms with van der Waals surface area (Å²) in [4.78, 5) is 12.8. The zero-order valence-electron chi connectivity index (χ0n) is 24.5. The third kappa shape index (κ3) is 7.52. The minimum atomic E-state index is -2.54. The van der Waals surface area contributed by atoms with Crippen molar-refractivity contribution >= 4 is 62.0 Å². The number of hydrogen-bond acceptors (Lipinski definition) is 6. The van der Waals surface area contributed by atoms with Crippen molar-refractivity contribution in [3.63, 3.8) is 0 Å². The maximum Gasteiger partial charge on any atom is 0.306 e. The van der Waals surface area contributed by atoms with Crippen LogP contribution < -0.4 is 18.1 Å². The first-order valence-corrected chi connectivity index (χ1v) is 15.4. The number of anilines is 4. The summed E-state index contributed by atoms with van der Waals surface area (Å²) in [6.07, 6.45) is 0.0712. The van der Waals surface area contributed by atoms with E-state index in [0.29, 0.717) is 50.6 Å². The fourth-order valence-corrected chi connectivity index (χ4v) is 5.97. The lowest BCUT2D eigenvalue weighted by Crippen LogP contribution is -2.25. The molecule has 2 unspecified atom stereocenters. The van der Waals surface area contributed by atoms with Gasteiger partial charge in [-0.2, -0.15) is 0 Å². The summed E-state index contributed by atoms with van der Waals surface area (Å²) >= 11 is -5.04. The van der Waals surface area contributed by atoms with Gasteiger partial charge in [0.05, 0.1) is 37.0 Å². The number of fused-ring (bicyclic) bond motifs is 1. The number of nitrogens with zero attached hydrogens (tertiary/aromatic N) is 2. The monoisotopic (exact) mass is 626 g/mol. The second-order valence-corrected chi connectivity index (χ2v) is 12.1. The number of aryl methyl sites for hydroxylation is 1. The Morgan fingerprint density at radius 3 is 1.72 bits per heavy atom. The zero-order valence-corrected chi connectivity index (χ0v) is 26.1. The van der Waals surface area contributed by atoms with E-state index in [9.17, 15) is 22.3 Å². The van der Waals surface area contributed by atoms with E-state index in [-0.39, 0.29) is 12.8 Å². The van der Waals surface area contributed by atoms with E-state index in [2.05, 4.69) is 0 Å². The van der Waals surface area contributed by atoms with Crippen molar-refractivity contribution in [3.8, 4) is 11.5 Å². The van der Waals surface area contributed by atoms with E-state index in [0.717, 1.165) is 0 Å². The smallest absolute Gasteiger partial charge is 0.306 e. The predicted molar refractivity (Wildman–Crippen MR) is 170 cm³/mol. The molecule has 0 saturated carbocycles. The molecule has 0 amide bonds. The first-order valence-electron chi connectivity index (χ1n) is 13.3. The lowest BCUT2D eigenvalue weighted by molar-refractivity contribution is -0.154. The Bertz CT molecular complexity index is 1640. The molecule has 0 aliphatic heterocycles. The van der Waals surface area contributed by atoms with Crippen molar-refractivity contribution in [2.75, 3.05) is 22.8 Å². The average Bonchev–Trinajstić information content (AvgIpc) is 2.97. The Labute approximate surface area is 256 Å². The molecule has 0 aromatic heterocycles. The molecule has 10 nitrogen and oxygen atoms in total. The number of esters is 1. The van der Waals surface area contributed by atoms with Gasteiger partial charge in [-0.3, -0.25) is 13.9 Å². The van der Waals surface area contributed by atoms with E-state index in [1.54, 1.807) is 99.6 Å². The molecule has 12 heteroatoms. The van der Waals surface area contributed by atoms with Gasteiger partial charge < -0.3 is 14.2 Å². The maximum atomic E-state index is 13.0. The Morgan fingerprint density at radius 2 is 1.26 bits per heavy atom. The molecule has 4 aromatic carbocycles. The third-order valence-corrected chi connectivity index (χ3v) is 7.87. The molecule has 2 N–H and O–H groups in total. The molecule has 0 spiro atoms. The van der Waals surface area contributed by atoms with Crippen molar-refractivity contribution in [2.24, 2.45) is 0 Å². The van der Waals surface area contributed by atoms with E-state index in [1.807, 2.05) is 0 Å². The molecule has 43 heavy (non-hydrogen) atoms. The molecule has 228 valence electrons. The molecule has 0 fully saturated rings. The molecule has 0 radical (unpaired) electrons. The number of carbonyl (C=O) groups is 1. The van der Waals surface area contributed by atoms with Crippen LogP contribution in [0.3, 0.4) is 0 Å². The summed E-state index contributed by atoms with van der Waals surface area (Å²) < 4.78 is 65.5. The summed E-state index contributed by atoms with van der Waals surface area (Å²) in [7, 11) is 3.05. The van der Waals surface area contributed by atoms with Crippen LogP contribution in [0, 0.1) is 0 Å². The Hall–Kier alpha value is -3.97. The van der Waals surface area contributed by atoms with Gasteiger partial charge in [0.2, 0.25) is 0 Å². The summed E-state index contributed by atoms with van der Waals surface area (Å²) in [5.41, 5.74) is 1.33. The lowest BCUT2D eigenvalue weighted by Gasteiger charge is -2.29.